The number of hydrogen-bond acceptors (Lipinski definition) is 5. The standard InChI is InChI=1S/C21H19N3O3/c1-14-3-2-4-16(11-14)24-21(25)15-5-8-20(22-13-15)23-17-6-7-18-19(12-17)27-10-9-26-18/h2-8,11-13H,9-10H2,1H3,(H,22,23)(H,24,25). The van der Waals surface area contributed by atoms with E-state index in [1.165, 1.54) is 0 Å². The quantitative estimate of drug-likeness (QED) is 0.730. The van der Waals surface area contributed by atoms with Gasteiger partial charge in [0.1, 0.15) is 19.0 Å². The van der Waals surface area contributed by atoms with E-state index in [0.717, 1.165) is 22.7 Å². The van der Waals surface area contributed by atoms with Gasteiger partial charge in [0, 0.05) is 23.6 Å². The number of aromatic nitrogens is 1. The molecular weight excluding hydrogens is 342 g/mol. The van der Waals surface area contributed by atoms with Crippen LogP contribution >= 0.6 is 0 Å². The van der Waals surface area contributed by atoms with Gasteiger partial charge in [0.2, 0.25) is 0 Å². The van der Waals surface area contributed by atoms with Crippen LogP contribution in [0.2, 0.25) is 0 Å². The van der Waals surface area contributed by atoms with Crippen molar-refractivity contribution < 1.29 is 14.3 Å². The molecule has 3 aromatic rings. The minimum Gasteiger partial charge on any atom is -0.486 e. The third-order valence-electron chi connectivity index (χ3n) is 4.12. The van der Waals surface area contributed by atoms with E-state index in [4.69, 9.17) is 9.47 Å². The van der Waals surface area contributed by atoms with Crippen molar-refractivity contribution in [3.63, 3.8) is 0 Å². The van der Waals surface area contributed by atoms with Crippen LogP contribution in [0.15, 0.2) is 60.8 Å². The molecule has 0 saturated carbocycles. The molecule has 4 rings (SSSR count). The molecule has 0 atom stereocenters. The number of hydrogen-bond donors (Lipinski definition) is 2. The molecule has 0 radical (unpaired) electrons. The summed E-state index contributed by atoms with van der Waals surface area (Å²) in [5.41, 5.74) is 3.18. The fourth-order valence-electron chi connectivity index (χ4n) is 2.80. The molecular formula is C21H19N3O3. The van der Waals surface area contributed by atoms with E-state index in [0.29, 0.717) is 30.3 Å². The Bertz CT molecular complexity index is 971. The van der Waals surface area contributed by atoms with Crippen molar-refractivity contribution in [2.24, 2.45) is 0 Å². The summed E-state index contributed by atoms with van der Waals surface area (Å²) in [5.74, 6) is 1.89. The summed E-state index contributed by atoms with van der Waals surface area (Å²) >= 11 is 0. The lowest BCUT2D eigenvalue weighted by Crippen LogP contribution is -2.15. The molecule has 1 aliphatic heterocycles. The first kappa shape index (κ1) is 16.9. The van der Waals surface area contributed by atoms with Crippen LogP contribution in [0.4, 0.5) is 17.2 Å². The van der Waals surface area contributed by atoms with E-state index >= 15 is 0 Å². The van der Waals surface area contributed by atoms with Crippen LogP contribution in [0.5, 0.6) is 11.5 Å². The molecule has 2 heterocycles. The zero-order valence-electron chi connectivity index (χ0n) is 14.9. The maximum absolute atomic E-state index is 12.4. The first-order valence-corrected chi connectivity index (χ1v) is 8.68. The van der Waals surface area contributed by atoms with Crippen LogP contribution in [0.25, 0.3) is 0 Å². The van der Waals surface area contributed by atoms with Crippen molar-refractivity contribution in [1.82, 2.24) is 4.98 Å². The predicted molar refractivity (Wildman–Crippen MR) is 104 cm³/mol. The Balaban J connectivity index is 1.43. The molecule has 0 bridgehead atoms. The Kier molecular flexibility index (Phi) is 4.61. The van der Waals surface area contributed by atoms with Crippen LogP contribution in [0, 0.1) is 6.92 Å². The van der Waals surface area contributed by atoms with Gasteiger partial charge in [-0.1, -0.05) is 12.1 Å². The van der Waals surface area contributed by atoms with E-state index in [1.807, 2.05) is 49.4 Å². The Morgan fingerprint density at radius 2 is 1.81 bits per heavy atom. The number of carbonyl (C=O) groups is 1. The average Bonchev–Trinajstić information content (AvgIpc) is 2.68. The van der Waals surface area contributed by atoms with Gasteiger partial charge in [0.15, 0.2) is 11.5 Å². The number of nitrogens with zero attached hydrogens (tertiary/aromatic N) is 1. The zero-order valence-corrected chi connectivity index (χ0v) is 14.9. The Hall–Kier alpha value is -3.54. The third-order valence-corrected chi connectivity index (χ3v) is 4.12. The minimum atomic E-state index is -0.195. The lowest BCUT2D eigenvalue weighted by molar-refractivity contribution is 0.102. The fourth-order valence-corrected chi connectivity index (χ4v) is 2.80. The second-order valence-corrected chi connectivity index (χ2v) is 6.24. The van der Waals surface area contributed by atoms with Crippen molar-refractivity contribution in [3.05, 3.63) is 71.9 Å². The number of nitrogens with one attached hydrogen (secondary N) is 2. The summed E-state index contributed by atoms with van der Waals surface area (Å²) < 4.78 is 11.1. The molecule has 0 fully saturated rings. The summed E-state index contributed by atoms with van der Waals surface area (Å²) in [6.07, 6.45) is 1.55. The number of rotatable bonds is 4. The number of fused-ring (bicyclic) bond motifs is 1. The van der Waals surface area contributed by atoms with E-state index in [1.54, 1.807) is 18.3 Å². The van der Waals surface area contributed by atoms with Crippen molar-refractivity contribution in [2.45, 2.75) is 6.92 Å². The molecule has 136 valence electrons. The van der Waals surface area contributed by atoms with Gasteiger partial charge < -0.3 is 20.1 Å². The monoisotopic (exact) mass is 361 g/mol. The third kappa shape index (κ3) is 4.00. The van der Waals surface area contributed by atoms with Crippen molar-refractivity contribution >= 4 is 23.1 Å². The SMILES string of the molecule is Cc1cccc(NC(=O)c2ccc(Nc3ccc4c(c3)OCCO4)nc2)c1. The maximum Gasteiger partial charge on any atom is 0.257 e. The normalized spacial score (nSPS) is 12.3. The topological polar surface area (TPSA) is 72.5 Å². The van der Waals surface area contributed by atoms with Crippen molar-refractivity contribution in [3.8, 4) is 11.5 Å². The van der Waals surface area contributed by atoms with E-state index in [2.05, 4.69) is 15.6 Å². The number of ether oxygens (including phenoxy) is 2. The molecule has 2 N–H and O–H groups in total. The Labute approximate surface area is 157 Å². The Morgan fingerprint density at radius 3 is 2.59 bits per heavy atom. The maximum atomic E-state index is 12.4. The average molecular weight is 361 g/mol. The van der Waals surface area contributed by atoms with Gasteiger partial charge in [-0.25, -0.2) is 4.98 Å². The number of amides is 1. The van der Waals surface area contributed by atoms with Gasteiger partial charge in [-0.2, -0.15) is 0 Å². The number of aryl methyl sites for hydroxylation is 1. The highest BCUT2D eigenvalue weighted by atomic mass is 16.6. The van der Waals surface area contributed by atoms with Crippen LogP contribution < -0.4 is 20.1 Å². The lowest BCUT2D eigenvalue weighted by atomic mass is 10.2. The van der Waals surface area contributed by atoms with Gasteiger partial charge >= 0.3 is 0 Å². The van der Waals surface area contributed by atoms with Crippen LogP contribution in [-0.2, 0) is 0 Å². The van der Waals surface area contributed by atoms with Crippen molar-refractivity contribution in [1.29, 1.82) is 0 Å². The molecule has 1 aliphatic rings. The molecule has 0 unspecified atom stereocenters. The highest BCUT2D eigenvalue weighted by molar-refractivity contribution is 6.04. The van der Waals surface area contributed by atoms with E-state index < -0.39 is 0 Å². The van der Waals surface area contributed by atoms with Crippen LogP contribution in [0.3, 0.4) is 0 Å². The number of carbonyl (C=O) groups excluding carboxylic acids is 1. The van der Waals surface area contributed by atoms with Crippen molar-refractivity contribution in [2.75, 3.05) is 23.8 Å². The van der Waals surface area contributed by atoms with Gasteiger partial charge in [0.05, 0.1) is 5.56 Å². The molecule has 0 aliphatic carbocycles. The first-order valence-electron chi connectivity index (χ1n) is 8.68. The van der Waals surface area contributed by atoms with E-state index in [9.17, 15) is 4.79 Å². The molecule has 6 nitrogen and oxygen atoms in total. The number of benzene rings is 2. The second kappa shape index (κ2) is 7.37. The van der Waals surface area contributed by atoms with Gasteiger partial charge in [-0.05, 0) is 48.9 Å². The van der Waals surface area contributed by atoms with Crippen LogP contribution in [-0.4, -0.2) is 24.1 Å². The summed E-state index contributed by atoms with van der Waals surface area (Å²) in [7, 11) is 0. The smallest absolute Gasteiger partial charge is 0.257 e. The second-order valence-electron chi connectivity index (χ2n) is 6.24. The first-order chi connectivity index (χ1) is 13.2. The molecule has 0 spiro atoms. The Morgan fingerprint density at radius 1 is 0.963 bits per heavy atom. The molecule has 0 saturated heterocycles. The summed E-state index contributed by atoms with van der Waals surface area (Å²) in [6.45, 7) is 3.09. The van der Waals surface area contributed by atoms with Gasteiger partial charge in [-0.3, -0.25) is 4.79 Å². The minimum absolute atomic E-state index is 0.195. The largest absolute Gasteiger partial charge is 0.486 e. The molecule has 27 heavy (non-hydrogen) atoms. The highest BCUT2D eigenvalue weighted by Crippen LogP contribution is 2.33. The molecule has 1 aromatic heterocycles. The molecule has 2 aromatic carbocycles. The summed E-state index contributed by atoms with van der Waals surface area (Å²) in [6, 6.07) is 16.8. The summed E-state index contributed by atoms with van der Waals surface area (Å²) in [4.78, 5) is 16.7. The van der Waals surface area contributed by atoms with Gasteiger partial charge in [-0.15, -0.1) is 0 Å². The fraction of sp³-hybridized carbons (Fsp3) is 0.143. The lowest BCUT2D eigenvalue weighted by Gasteiger charge is -2.19. The number of anilines is 3. The van der Waals surface area contributed by atoms with Crippen LogP contribution in [0.1, 0.15) is 15.9 Å². The molecule has 1 amide bonds. The zero-order chi connectivity index (χ0) is 18.6. The predicted octanol–water partition coefficient (Wildman–Crippen LogP) is 4.16. The van der Waals surface area contributed by atoms with E-state index in [-0.39, 0.29) is 5.91 Å². The highest BCUT2D eigenvalue weighted by Gasteiger charge is 2.12. The number of pyridine rings is 1. The molecule has 6 heteroatoms. The van der Waals surface area contributed by atoms with Gasteiger partial charge in [0.25, 0.3) is 5.91 Å². The summed E-state index contributed by atoms with van der Waals surface area (Å²) in [5, 5.41) is 6.07.